The van der Waals surface area contributed by atoms with Gasteiger partial charge in [-0.05, 0) is 29.8 Å². The van der Waals surface area contributed by atoms with Gasteiger partial charge in [-0.1, -0.05) is 35.9 Å². The Balaban J connectivity index is 1.79. The molecule has 0 heterocycles. The first-order chi connectivity index (χ1) is 10.2. The van der Waals surface area contributed by atoms with E-state index in [0.29, 0.717) is 22.9 Å². The third kappa shape index (κ3) is 4.51. The Morgan fingerprint density at radius 3 is 2.57 bits per heavy atom. The Kier molecular flexibility index (Phi) is 5.19. The van der Waals surface area contributed by atoms with E-state index in [4.69, 9.17) is 21.6 Å². The van der Waals surface area contributed by atoms with Crippen molar-refractivity contribution >= 4 is 17.5 Å². The Labute approximate surface area is 127 Å². The van der Waals surface area contributed by atoms with Crippen LogP contribution in [0.1, 0.15) is 11.1 Å². The Morgan fingerprint density at radius 1 is 1.19 bits per heavy atom. The van der Waals surface area contributed by atoms with Crippen LogP contribution in [0, 0.1) is 11.3 Å². The number of carbonyl (C=O) groups excluding carboxylic acids is 1. The molecule has 0 spiro atoms. The van der Waals surface area contributed by atoms with Crippen molar-refractivity contribution in [1.82, 2.24) is 5.32 Å². The quantitative estimate of drug-likeness (QED) is 0.923. The third-order valence-corrected chi connectivity index (χ3v) is 3.08. The van der Waals surface area contributed by atoms with Gasteiger partial charge in [0.25, 0.3) is 5.91 Å². The van der Waals surface area contributed by atoms with E-state index in [1.807, 2.05) is 6.07 Å². The monoisotopic (exact) mass is 300 g/mol. The predicted molar refractivity (Wildman–Crippen MR) is 80.0 cm³/mol. The van der Waals surface area contributed by atoms with Crippen LogP contribution in [0.25, 0.3) is 0 Å². The number of rotatable bonds is 5. The number of hydrogen-bond donors (Lipinski definition) is 1. The van der Waals surface area contributed by atoms with Crippen LogP contribution in [-0.2, 0) is 11.3 Å². The maximum absolute atomic E-state index is 11.7. The minimum Gasteiger partial charge on any atom is -0.482 e. The van der Waals surface area contributed by atoms with Crippen molar-refractivity contribution in [2.24, 2.45) is 0 Å². The lowest BCUT2D eigenvalue weighted by Crippen LogP contribution is -2.28. The summed E-state index contributed by atoms with van der Waals surface area (Å²) >= 11 is 5.93. The fourth-order valence-electron chi connectivity index (χ4n) is 1.65. The number of nitrogens with zero attached hydrogens (tertiary/aromatic N) is 1. The van der Waals surface area contributed by atoms with Gasteiger partial charge in [0.1, 0.15) is 5.75 Å². The summed E-state index contributed by atoms with van der Waals surface area (Å²) in [6, 6.07) is 16.0. The molecule has 0 aliphatic heterocycles. The van der Waals surface area contributed by atoms with Gasteiger partial charge in [-0.2, -0.15) is 5.26 Å². The fourth-order valence-corrected chi connectivity index (χ4v) is 1.84. The summed E-state index contributed by atoms with van der Waals surface area (Å²) in [5.41, 5.74) is 1.51. The van der Waals surface area contributed by atoms with Gasteiger partial charge in [-0.3, -0.25) is 4.79 Å². The lowest BCUT2D eigenvalue weighted by Gasteiger charge is -2.08. The molecule has 5 heteroatoms. The minimum atomic E-state index is -0.237. The molecule has 0 aliphatic rings. The van der Waals surface area contributed by atoms with Gasteiger partial charge < -0.3 is 10.1 Å². The predicted octanol–water partition coefficient (Wildman–Crippen LogP) is 2.91. The second-order valence-electron chi connectivity index (χ2n) is 4.30. The van der Waals surface area contributed by atoms with Crippen molar-refractivity contribution in [3.63, 3.8) is 0 Å². The highest BCUT2D eigenvalue weighted by Gasteiger charge is 2.05. The summed E-state index contributed by atoms with van der Waals surface area (Å²) < 4.78 is 5.34. The molecule has 1 amide bonds. The summed E-state index contributed by atoms with van der Waals surface area (Å²) in [6.07, 6.45) is 0. The second-order valence-corrected chi connectivity index (χ2v) is 4.71. The smallest absolute Gasteiger partial charge is 0.258 e. The number of nitriles is 1. The molecule has 21 heavy (non-hydrogen) atoms. The molecule has 2 rings (SSSR count). The molecule has 4 nitrogen and oxygen atoms in total. The molecule has 0 radical (unpaired) electrons. The standard InChI is InChI=1S/C16H13ClN2O2/c17-14-3-1-2-4-15(14)21-11-16(20)19-10-13-7-5-12(9-18)6-8-13/h1-8H,10-11H2,(H,19,20). The average molecular weight is 301 g/mol. The molecule has 106 valence electrons. The first-order valence-electron chi connectivity index (χ1n) is 6.32. The van der Waals surface area contributed by atoms with E-state index in [1.165, 1.54) is 0 Å². The van der Waals surface area contributed by atoms with Crippen molar-refractivity contribution in [3.05, 3.63) is 64.7 Å². The number of para-hydroxylation sites is 1. The van der Waals surface area contributed by atoms with Crippen LogP contribution in [0.5, 0.6) is 5.75 Å². The molecule has 2 aromatic carbocycles. The van der Waals surface area contributed by atoms with Crippen molar-refractivity contribution in [2.45, 2.75) is 6.54 Å². The topological polar surface area (TPSA) is 62.1 Å². The van der Waals surface area contributed by atoms with Crippen LogP contribution in [0.4, 0.5) is 0 Å². The summed E-state index contributed by atoms with van der Waals surface area (Å²) in [4.78, 5) is 11.7. The summed E-state index contributed by atoms with van der Waals surface area (Å²) in [5, 5.41) is 11.9. The molecular formula is C16H13ClN2O2. The van der Waals surface area contributed by atoms with Crippen molar-refractivity contribution in [1.29, 1.82) is 5.26 Å². The summed E-state index contributed by atoms with van der Waals surface area (Å²) in [7, 11) is 0. The Morgan fingerprint density at radius 2 is 1.90 bits per heavy atom. The van der Waals surface area contributed by atoms with E-state index < -0.39 is 0 Å². The van der Waals surface area contributed by atoms with E-state index in [0.717, 1.165) is 5.56 Å². The van der Waals surface area contributed by atoms with Crippen molar-refractivity contribution in [2.75, 3.05) is 6.61 Å². The molecule has 0 aliphatic carbocycles. The van der Waals surface area contributed by atoms with Crippen molar-refractivity contribution < 1.29 is 9.53 Å². The summed E-state index contributed by atoms with van der Waals surface area (Å²) in [6.45, 7) is 0.288. The van der Waals surface area contributed by atoms with E-state index in [-0.39, 0.29) is 12.5 Å². The van der Waals surface area contributed by atoms with Gasteiger partial charge in [0.15, 0.2) is 6.61 Å². The van der Waals surface area contributed by atoms with E-state index >= 15 is 0 Å². The van der Waals surface area contributed by atoms with Gasteiger partial charge in [0, 0.05) is 6.54 Å². The molecule has 0 aromatic heterocycles. The SMILES string of the molecule is N#Cc1ccc(CNC(=O)COc2ccccc2Cl)cc1. The highest BCUT2D eigenvalue weighted by atomic mass is 35.5. The largest absolute Gasteiger partial charge is 0.482 e. The normalized spacial score (nSPS) is 9.71. The van der Waals surface area contributed by atoms with Crippen LogP contribution >= 0.6 is 11.6 Å². The van der Waals surface area contributed by atoms with Gasteiger partial charge in [-0.25, -0.2) is 0 Å². The highest BCUT2D eigenvalue weighted by molar-refractivity contribution is 6.32. The van der Waals surface area contributed by atoms with Crippen LogP contribution in [0.3, 0.4) is 0 Å². The molecule has 0 unspecified atom stereocenters. The maximum atomic E-state index is 11.7. The number of nitrogens with one attached hydrogen (secondary N) is 1. The molecule has 0 bridgehead atoms. The molecule has 0 saturated heterocycles. The summed E-state index contributed by atoms with van der Waals surface area (Å²) in [5.74, 6) is 0.243. The van der Waals surface area contributed by atoms with E-state index in [2.05, 4.69) is 5.32 Å². The number of amides is 1. The maximum Gasteiger partial charge on any atom is 0.258 e. The van der Waals surface area contributed by atoms with Gasteiger partial charge in [0.05, 0.1) is 16.7 Å². The van der Waals surface area contributed by atoms with Crippen LogP contribution in [0.15, 0.2) is 48.5 Å². The van der Waals surface area contributed by atoms with Crippen molar-refractivity contribution in [3.8, 4) is 11.8 Å². The Bertz CT molecular complexity index is 663. The molecule has 1 N–H and O–H groups in total. The van der Waals surface area contributed by atoms with Crippen LogP contribution in [0.2, 0.25) is 5.02 Å². The molecule has 2 aromatic rings. The average Bonchev–Trinajstić information content (AvgIpc) is 2.52. The van der Waals surface area contributed by atoms with Gasteiger partial charge in [0.2, 0.25) is 0 Å². The molecule has 0 atom stereocenters. The fraction of sp³-hybridized carbons (Fsp3) is 0.125. The number of hydrogen-bond acceptors (Lipinski definition) is 3. The lowest BCUT2D eigenvalue weighted by molar-refractivity contribution is -0.123. The zero-order chi connectivity index (χ0) is 15.1. The Hall–Kier alpha value is -2.51. The van der Waals surface area contributed by atoms with Gasteiger partial charge >= 0.3 is 0 Å². The van der Waals surface area contributed by atoms with Gasteiger partial charge in [-0.15, -0.1) is 0 Å². The molecular weight excluding hydrogens is 288 g/mol. The van der Waals surface area contributed by atoms with E-state index in [9.17, 15) is 4.79 Å². The number of ether oxygens (including phenoxy) is 1. The first-order valence-corrected chi connectivity index (χ1v) is 6.70. The third-order valence-electron chi connectivity index (χ3n) is 2.77. The zero-order valence-corrected chi connectivity index (χ0v) is 11.9. The minimum absolute atomic E-state index is 0.0972. The number of benzene rings is 2. The zero-order valence-electron chi connectivity index (χ0n) is 11.2. The first kappa shape index (κ1) is 14.9. The van der Waals surface area contributed by atoms with Crippen LogP contribution < -0.4 is 10.1 Å². The van der Waals surface area contributed by atoms with Crippen LogP contribution in [-0.4, -0.2) is 12.5 Å². The lowest BCUT2D eigenvalue weighted by atomic mass is 10.1. The highest BCUT2D eigenvalue weighted by Crippen LogP contribution is 2.22. The molecule has 0 saturated carbocycles. The van der Waals surface area contributed by atoms with E-state index in [1.54, 1.807) is 48.5 Å². The molecule has 0 fully saturated rings. The second kappa shape index (κ2) is 7.32. The number of carbonyl (C=O) groups is 1. The number of halogens is 1.